The molecule has 2 amide bonds. The van der Waals surface area contributed by atoms with E-state index in [-0.39, 0.29) is 17.9 Å². The Morgan fingerprint density at radius 1 is 1.06 bits per heavy atom. The number of nitrogens with zero attached hydrogens (tertiary/aromatic N) is 2. The minimum absolute atomic E-state index is 0.103. The minimum atomic E-state index is -0.272. The molecule has 1 aliphatic carbocycles. The van der Waals surface area contributed by atoms with E-state index >= 15 is 0 Å². The summed E-state index contributed by atoms with van der Waals surface area (Å²) >= 11 is 3.58. The number of amides is 2. The quantitative estimate of drug-likeness (QED) is 0.363. The Morgan fingerprint density at radius 2 is 1.91 bits per heavy atom. The molecule has 1 aliphatic heterocycles. The highest BCUT2D eigenvalue weighted by molar-refractivity contribution is 7.15. The van der Waals surface area contributed by atoms with Crippen molar-refractivity contribution in [3.63, 3.8) is 0 Å². The summed E-state index contributed by atoms with van der Waals surface area (Å²) in [6.45, 7) is 0.947. The SMILES string of the molecule is O=C(NCc1ccc(F)cc1)N1Cc2c(sc3c2CCCC3)-n2cccc2C1c1cccs1. The van der Waals surface area contributed by atoms with Gasteiger partial charge in [0.05, 0.1) is 12.2 Å². The number of nitrogens with one attached hydrogen (secondary N) is 1. The lowest BCUT2D eigenvalue weighted by atomic mass is 9.95. The van der Waals surface area contributed by atoms with Gasteiger partial charge in [0.1, 0.15) is 16.9 Å². The van der Waals surface area contributed by atoms with Gasteiger partial charge < -0.3 is 14.8 Å². The van der Waals surface area contributed by atoms with Gasteiger partial charge in [0.25, 0.3) is 0 Å². The first-order valence-electron chi connectivity index (χ1n) is 11.3. The number of carbonyl (C=O) groups excluding carboxylic acids is 1. The van der Waals surface area contributed by atoms with Crippen LogP contribution < -0.4 is 5.32 Å². The molecule has 0 saturated heterocycles. The van der Waals surface area contributed by atoms with Crippen molar-refractivity contribution in [2.45, 2.75) is 44.8 Å². The van der Waals surface area contributed by atoms with E-state index in [9.17, 15) is 9.18 Å². The molecule has 0 saturated carbocycles. The zero-order chi connectivity index (χ0) is 22.4. The number of aryl methyl sites for hydroxylation is 1. The molecule has 168 valence electrons. The Kier molecular flexibility index (Phi) is 5.31. The van der Waals surface area contributed by atoms with Crippen molar-refractivity contribution < 1.29 is 9.18 Å². The van der Waals surface area contributed by atoms with Gasteiger partial charge in [0, 0.05) is 28.1 Å². The van der Waals surface area contributed by atoms with Crippen LogP contribution in [0.4, 0.5) is 9.18 Å². The van der Waals surface area contributed by atoms with Gasteiger partial charge in [-0.15, -0.1) is 22.7 Å². The van der Waals surface area contributed by atoms with Gasteiger partial charge in [-0.1, -0.05) is 18.2 Å². The maximum atomic E-state index is 13.7. The molecular weight excluding hydrogens is 453 g/mol. The van der Waals surface area contributed by atoms with Gasteiger partial charge in [0.15, 0.2) is 0 Å². The van der Waals surface area contributed by atoms with Crippen molar-refractivity contribution in [2.75, 3.05) is 0 Å². The number of urea groups is 1. The minimum Gasteiger partial charge on any atom is -0.334 e. The highest BCUT2D eigenvalue weighted by atomic mass is 32.1. The predicted octanol–water partition coefficient (Wildman–Crippen LogP) is 6.43. The normalized spacial score (nSPS) is 17.1. The van der Waals surface area contributed by atoms with Crippen LogP contribution in [0.2, 0.25) is 0 Å². The molecule has 1 aromatic carbocycles. The number of hydrogen-bond donors (Lipinski definition) is 1. The first-order chi connectivity index (χ1) is 16.2. The third-order valence-corrected chi connectivity index (χ3v) is 8.87. The van der Waals surface area contributed by atoms with Crippen LogP contribution in [0.15, 0.2) is 60.1 Å². The molecule has 4 nitrogen and oxygen atoms in total. The summed E-state index contributed by atoms with van der Waals surface area (Å²) in [5, 5.41) is 6.43. The number of hydrogen-bond acceptors (Lipinski definition) is 3. The molecule has 7 heteroatoms. The standard InChI is InChI=1S/C26H24FN3OS2/c27-18-11-9-17(10-12-18)15-28-26(31)30-16-20-19-5-1-2-7-22(19)33-25(20)29-13-3-6-21(29)24(30)23-8-4-14-32-23/h3-4,6,8-14,24H,1-2,5,7,15-16H2,(H,28,31). The second kappa shape index (κ2) is 8.47. The fourth-order valence-corrected chi connectivity index (χ4v) is 7.27. The van der Waals surface area contributed by atoms with Crippen molar-refractivity contribution in [1.82, 2.24) is 14.8 Å². The first kappa shape index (κ1) is 20.7. The molecule has 1 N–H and O–H groups in total. The van der Waals surface area contributed by atoms with Crippen molar-refractivity contribution in [3.05, 3.63) is 98.1 Å². The molecule has 33 heavy (non-hydrogen) atoms. The van der Waals surface area contributed by atoms with Gasteiger partial charge >= 0.3 is 6.03 Å². The number of carbonyl (C=O) groups is 1. The van der Waals surface area contributed by atoms with Gasteiger partial charge in [0.2, 0.25) is 0 Å². The van der Waals surface area contributed by atoms with Crippen molar-refractivity contribution in [1.29, 1.82) is 0 Å². The second-order valence-electron chi connectivity index (χ2n) is 8.63. The van der Waals surface area contributed by atoms with Crippen LogP contribution in [-0.2, 0) is 25.9 Å². The molecule has 3 aromatic heterocycles. The highest BCUT2D eigenvalue weighted by Crippen LogP contribution is 2.44. The van der Waals surface area contributed by atoms with Crippen LogP contribution in [0.1, 0.15) is 51.0 Å². The van der Waals surface area contributed by atoms with Crippen molar-refractivity contribution in [2.24, 2.45) is 0 Å². The lowest BCUT2D eigenvalue weighted by Gasteiger charge is -2.30. The van der Waals surface area contributed by atoms with Crippen molar-refractivity contribution in [3.8, 4) is 5.00 Å². The van der Waals surface area contributed by atoms with Crippen LogP contribution in [-0.4, -0.2) is 15.5 Å². The topological polar surface area (TPSA) is 37.3 Å². The molecule has 6 rings (SSSR count). The molecule has 4 aromatic rings. The van der Waals surface area contributed by atoms with Crippen LogP contribution in [0.5, 0.6) is 0 Å². The number of fused-ring (bicyclic) bond motifs is 5. The zero-order valence-corrected chi connectivity index (χ0v) is 19.7. The summed E-state index contributed by atoms with van der Waals surface area (Å²) in [7, 11) is 0. The van der Waals surface area contributed by atoms with E-state index in [1.807, 2.05) is 22.3 Å². The lowest BCUT2D eigenvalue weighted by Crippen LogP contribution is -2.41. The van der Waals surface area contributed by atoms with Crippen LogP contribution in [0.25, 0.3) is 5.00 Å². The molecular formula is C26H24FN3OS2. The number of halogens is 1. The molecule has 0 bridgehead atoms. The monoisotopic (exact) mass is 477 g/mol. The maximum absolute atomic E-state index is 13.7. The first-order valence-corrected chi connectivity index (χ1v) is 13.0. The molecule has 2 aliphatic rings. The Morgan fingerprint density at radius 3 is 2.73 bits per heavy atom. The Balaban J connectivity index is 1.41. The molecule has 0 fully saturated rings. The fraction of sp³-hybridized carbons (Fsp3) is 0.269. The smallest absolute Gasteiger partial charge is 0.318 e. The lowest BCUT2D eigenvalue weighted by molar-refractivity contribution is 0.181. The maximum Gasteiger partial charge on any atom is 0.318 e. The molecule has 1 unspecified atom stereocenters. The number of rotatable bonds is 3. The zero-order valence-electron chi connectivity index (χ0n) is 18.1. The van der Waals surface area contributed by atoms with Crippen LogP contribution >= 0.6 is 22.7 Å². The third kappa shape index (κ3) is 3.69. The van der Waals surface area contributed by atoms with E-state index < -0.39 is 0 Å². The van der Waals surface area contributed by atoms with Crippen LogP contribution in [0.3, 0.4) is 0 Å². The summed E-state index contributed by atoms with van der Waals surface area (Å²) in [6.07, 6.45) is 6.81. The summed E-state index contributed by atoms with van der Waals surface area (Å²) in [6, 6.07) is 14.4. The van der Waals surface area contributed by atoms with Gasteiger partial charge in [-0.3, -0.25) is 0 Å². The largest absolute Gasteiger partial charge is 0.334 e. The summed E-state index contributed by atoms with van der Waals surface area (Å²) in [4.78, 5) is 18.3. The summed E-state index contributed by atoms with van der Waals surface area (Å²) in [5.74, 6) is -0.272. The van der Waals surface area contributed by atoms with E-state index in [1.54, 1.807) is 23.5 Å². The highest BCUT2D eigenvalue weighted by Gasteiger charge is 2.36. The third-order valence-electron chi connectivity index (χ3n) is 6.61. The van der Waals surface area contributed by atoms with E-state index in [1.165, 1.54) is 46.0 Å². The van der Waals surface area contributed by atoms with E-state index in [4.69, 9.17) is 0 Å². The molecule has 1 atom stereocenters. The van der Waals surface area contributed by atoms with E-state index in [0.29, 0.717) is 13.1 Å². The van der Waals surface area contributed by atoms with E-state index in [2.05, 4.69) is 39.7 Å². The number of thiophene rings is 2. The predicted molar refractivity (Wildman–Crippen MR) is 131 cm³/mol. The Hall–Kier alpha value is -2.90. The average molecular weight is 478 g/mol. The van der Waals surface area contributed by atoms with Gasteiger partial charge in [-0.25, -0.2) is 9.18 Å². The van der Waals surface area contributed by atoms with Gasteiger partial charge in [-0.05, 0) is 72.5 Å². The average Bonchev–Trinajstić information content (AvgIpc) is 3.58. The fourth-order valence-electron chi connectivity index (χ4n) is 5.01. The number of aromatic nitrogens is 1. The molecule has 0 radical (unpaired) electrons. The van der Waals surface area contributed by atoms with Crippen molar-refractivity contribution >= 4 is 28.7 Å². The summed E-state index contributed by atoms with van der Waals surface area (Å²) in [5.41, 5.74) is 4.74. The van der Waals surface area contributed by atoms with Crippen LogP contribution in [0, 0.1) is 5.82 Å². The number of benzene rings is 1. The Bertz CT molecular complexity index is 1290. The molecule has 0 spiro atoms. The second-order valence-corrected chi connectivity index (χ2v) is 10.7. The summed E-state index contributed by atoms with van der Waals surface area (Å²) < 4.78 is 15.6. The Labute approximate surface area is 200 Å². The molecule has 4 heterocycles. The van der Waals surface area contributed by atoms with E-state index in [0.717, 1.165) is 29.0 Å². The van der Waals surface area contributed by atoms with Gasteiger partial charge in [-0.2, -0.15) is 0 Å².